The average Bonchev–Trinajstić information content (AvgIpc) is 3.16. The molecule has 0 aliphatic heterocycles. The maximum atomic E-state index is 12.6. The molecule has 26 heavy (non-hydrogen) atoms. The molecule has 0 amide bonds. The van der Waals surface area contributed by atoms with E-state index in [1.165, 1.54) is 30.3 Å². The lowest BCUT2D eigenvalue weighted by Gasteiger charge is -2.09. The molecule has 6 nitrogen and oxygen atoms in total. The van der Waals surface area contributed by atoms with E-state index in [2.05, 4.69) is 10.3 Å². The quantitative estimate of drug-likeness (QED) is 0.611. The summed E-state index contributed by atoms with van der Waals surface area (Å²) in [6.45, 7) is 1.88. The Bertz CT molecular complexity index is 1090. The molecule has 2 N–H and O–H groups in total. The van der Waals surface area contributed by atoms with Gasteiger partial charge in [-0.3, -0.25) is 0 Å². The largest absolute Gasteiger partial charge is 0.308 e. The molecule has 0 unspecified atom stereocenters. The van der Waals surface area contributed by atoms with E-state index in [4.69, 9.17) is 0 Å². The highest BCUT2D eigenvalue weighted by atomic mass is 32.2. The van der Waals surface area contributed by atoms with Crippen LogP contribution in [0.5, 0.6) is 0 Å². The Morgan fingerprint density at radius 3 is 1.92 bits per heavy atom. The van der Waals surface area contributed by atoms with Gasteiger partial charge in [0.2, 0.25) is 9.84 Å². The van der Waals surface area contributed by atoms with Gasteiger partial charge in [0.15, 0.2) is 0 Å². The first-order valence-electron chi connectivity index (χ1n) is 7.52. The molecule has 3 aromatic rings. The van der Waals surface area contributed by atoms with Gasteiger partial charge in [-0.2, -0.15) is 0 Å². The summed E-state index contributed by atoms with van der Waals surface area (Å²) in [5.41, 5.74) is 3.97. The van der Waals surface area contributed by atoms with Crippen molar-refractivity contribution in [2.45, 2.75) is 20.9 Å². The van der Waals surface area contributed by atoms with Crippen molar-refractivity contribution in [3.63, 3.8) is 0 Å². The molecule has 1 heterocycles. The molecule has 0 saturated carbocycles. The molecule has 3 rings (SSSR count). The fraction of sp³-hybridized carbons (Fsp3) is 0.0588. The highest BCUT2D eigenvalue weighted by Crippen LogP contribution is 2.23. The third-order valence-electron chi connectivity index (χ3n) is 3.59. The second kappa shape index (κ2) is 7.20. The van der Waals surface area contributed by atoms with Gasteiger partial charge in [-0.05, 0) is 54.8 Å². The van der Waals surface area contributed by atoms with E-state index in [-0.39, 0.29) is 14.0 Å². The van der Waals surface area contributed by atoms with Crippen LogP contribution >= 0.6 is 11.3 Å². The SMILES string of the molecule is Cc1ccc(S(=O)(=O)c2ccc(NNS(=O)(=O)c3cccs3)cc2)cc1. The fourth-order valence-corrected chi connectivity index (χ4v) is 5.28. The third kappa shape index (κ3) is 3.96. The second-order valence-corrected chi connectivity index (χ2v) is 10.3. The molecule has 2 aromatic carbocycles. The van der Waals surface area contributed by atoms with E-state index in [0.717, 1.165) is 16.9 Å². The van der Waals surface area contributed by atoms with Crippen LogP contribution in [0.15, 0.2) is 80.0 Å². The van der Waals surface area contributed by atoms with Crippen molar-refractivity contribution < 1.29 is 16.8 Å². The van der Waals surface area contributed by atoms with Crippen molar-refractivity contribution in [1.82, 2.24) is 4.83 Å². The zero-order valence-electron chi connectivity index (χ0n) is 13.7. The number of benzene rings is 2. The van der Waals surface area contributed by atoms with Crippen LogP contribution in [0.25, 0.3) is 0 Å². The van der Waals surface area contributed by atoms with Gasteiger partial charge in [0.25, 0.3) is 10.0 Å². The summed E-state index contributed by atoms with van der Waals surface area (Å²) in [5, 5.41) is 1.67. The standard InChI is InChI=1S/C17H16N2O4S3/c1-13-4-8-15(9-5-13)25(20,21)16-10-6-14(7-11-16)18-19-26(22,23)17-3-2-12-24-17/h2-12,18-19H,1H3. The summed E-state index contributed by atoms with van der Waals surface area (Å²) < 4.78 is 49.5. The molecule has 0 spiro atoms. The predicted octanol–water partition coefficient (Wildman–Crippen LogP) is 3.19. The molecule has 0 aliphatic carbocycles. The number of sulfonamides is 1. The number of rotatable bonds is 6. The Kier molecular flexibility index (Phi) is 5.15. The Morgan fingerprint density at radius 1 is 0.808 bits per heavy atom. The molecule has 0 fully saturated rings. The zero-order valence-corrected chi connectivity index (χ0v) is 16.2. The summed E-state index contributed by atoms with van der Waals surface area (Å²) >= 11 is 1.10. The van der Waals surface area contributed by atoms with Gasteiger partial charge in [0, 0.05) is 5.69 Å². The minimum Gasteiger partial charge on any atom is -0.308 e. The van der Waals surface area contributed by atoms with E-state index in [1.807, 2.05) is 6.92 Å². The van der Waals surface area contributed by atoms with Gasteiger partial charge in [-0.15, -0.1) is 16.2 Å². The van der Waals surface area contributed by atoms with Crippen molar-refractivity contribution in [2.24, 2.45) is 0 Å². The molecule has 1 aromatic heterocycles. The Balaban J connectivity index is 1.75. The maximum absolute atomic E-state index is 12.6. The van der Waals surface area contributed by atoms with Gasteiger partial charge in [0.05, 0.1) is 9.79 Å². The molecular formula is C17H16N2O4S3. The van der Waals surface area contributed by atoms with Crippen LogP contribution in [0, 0.1) is 6.92 Å². The van der Waals surface area contributed by atoms with Crippen molar-refractivity contribution in [2.75, 3.05) is 5.43 Å². The first-order valence-corrected chi connectivity index (χ1v) is 11.4. The Morgan fingerprint density at radius 2 is 1.38 bits per heavy atom. The number of hydrogen-bond acceptors (Lipinski definition) is 6. The van der Waals surface area contributed by atoms with E-state index < -0.39 is 19.9 Å². The summed E-state index contributed by atoms with van der Waals surface area (Å²) in [6.07, 6.45) is 0. The fourth-order valence-electron chi connectivity index (χ4n) is 2.16. The molecule has 0 radical (unpaired) electrons. The molecule has 9 heteroatoms. The average molecular weight is 409 g/mol. The summed E-state index contributed by atoms with van der Waals surface area (Å²) in [6, 6.07) is 15.6. The van der Waals surface area contributed by atoms with Crippen LogP contribution in [0.4, 0.5) is 5.69 Å². The molecule has 136 valence electrons. The minimum absolute atomic E-state index is 0.132. The first kappa shape index (κ1) is 18.6. The van der Waals surface area contributed by atoms with Crippen molar-refractivity contribution in [3.05, 3.63) is 71.6 Å². The monoisotopic (exact) mass is 408 g/mol. The Hall–Kier alpha value is -2.20. The van der Waals surface area contributed by atoms with E-state index in [0.29, 0.717) is 5.69 Å². The third-order valence-corrected chi connectivity index (χ3v) is 8.02. The topological polar surface area (TPSA) is 92.3 Å². The van der Waals surface area contributed by atoms with Crippen LogP contribution in [0.2, 0.25) is 0 Å². The van der Waals surface area contributed by atoms with Crippen molar-refractivity contribution in [1.29, 1.82) is 0 Å². The minimum atomic E-state index is -3.66. The van der Waals surface area contributed by atoms with E-state index in [1.54, 1.807) is 35.7 Å². The normalized spacial score (nSPS) is 12.0. The number of hydrogen-bond donors (Lipinski definition) is 2. The predicted molar refractivity (Wildman–Crippen MR) is 101 cm³/mol. The number of aryl methyl sites for hydroxylation is 1. The Labute approximate surface area is 156 Å². The van der Waals surface area contributed by atoms with Gasteiger partial charge in [-0.25, -0.2) is 16.8 Å². The molecular weight excluding hydrogens is 392 g/mol. The van der Waals surface area contributed by atoms with Gasteiger partial charge in [-0.1, -0.05) is 23.8 Å². The van der Waals surface area contributed by atoms with E-state index >= 15 is 0 Å². The van der Waals surface area contributed by atoms with Crippen molar-refractivity contribution >= 4 is 36.9 Å². The highest BCUT2D eigenvalue weighted by molar-refractivity contribution is 7.91. The number of hydrazine groups is 1. The lowest BCUT2D eigenvalue weighted by Crippen LogP contribution is -2.28. The maximum Gasteiger partial charge on any atom is 0.266 e. The van der Waals surface area contributed by atoms with Crippen LogP contribution in [-0.4, -0.2) is 16.8 Å². The lowest BCUT2D eigenvalue weighted by atomic mass is 10.2. The molecule has 0 atom stereocenters. The smallest absolute Gasteiger partial charge is 0.266 e. The van der Waals surface area contributed by atoms with E-state index in [9.17, 15) is 16.8 Å². The summed E-state index contributed by atoms with van der Waals surface area (Å²) in [7, 11) is -7.28. The summed E-state index contributed by atoms with van der Waals surface area (Å²) in [4.78, 5) is 2.60. The number of nitrogens with one attached hydrogen (secondary N) is 2. The zero-order chi connectivity index (χ0) is 18.8. The molecule has 0 bridgehead atoms. The number of sulfone groups is 1. The highest BCUT2D eigenvalue weighted by Gasteiger charge is 2.18. The van der Waals surface area contributed by atoms with Crippen LogP contribution < -0.4 is 10.3 Å². The van der Waals surface area contributed by atoms with Gasteiger partial charge < -0.3 is 5.43 Å². The lowest BCUT2D eigenvalue weighted by molar-refractivity contribution is 0.589. The summed E-state index contributed by atoms with van der Waals surface area (Å²) in [5.74, 6) is 0. The first-order chi connectivity index (χ1) is 12.3. The van der Waals surface area contributed by atoms with Gasteiger partial charge >= 0.3 is 0 Å². The number of thiophene rings is 1. The molecule has 0 aliphatic rings. The van der Waals surface area contributed by atoms with Crippen LogP contribution in [0.1, 0.15) is 5.56 Å². The molecule has 0 saturated heterocycles. The number of anilines is 1. The van der Waals surface area contributed by atoms with Crippen LogP contribution in [0.3, 0.4) is 0 Å². The van der Waals surface area contributed by atoms with Crippen LogP contribution in [-0.2, 0) is 19.9 Å². The second-order valence-electron chi connectivity index (χ2n) is 5.50. The van der Waals surface area contributed by atoms with Gasteiger partial charge in [0.1, 0.15) is 4.21 Å². The van der Waals surface area contributed by atoms with Crippen molar-refractivity contribution in [3.8, 4) is 0 Å².